The van der Waals surface area contributed by atoms with Crippen molar-refractivity contribution < 1.29 is 52.1 Å². The summed E-state index contributed by atoms with van der Waals surface area (Å²) in [6, 6.07) is 14.2. The first-order valence-corrected chi connectivity index (χ1v) is 16.5. The van der Waals surface area contributed by atoms with Crippen LogP contribution in [0, 0.1) is 5.92 Å². The Labute approximate surface area is 280 Å². The molecule has 0 saturated carbocycles. The third-order valence-electron chi connectivity index (χ3n) is 5.97. The minimum absolute atomic E-state index is 0.0542. The average Bonchev–Trinajstić information content (AvgIpc) is 2.95. The number of nitrogens with zero attached hydrogens (tertiary/aromatic N) is 2. The third kappa shape index (κ3) is 12.6. The van der Waals surface area contributed by atoms with Crippen LogP contribution in [0.2, 0.25) is 0 Å². The number of hydrogen-bond acceptors (Lipinski definition) is 10. The third-order valence-corrected chi connectivity index (χ3v) is 7.91. The Balaban J connectivity index is 2.48. The van der Waals surface area contributed by atoms with Gasteiger partial charge in [-0.2, -0.15) is 0 Å². The first kappa shape index (κ1) is 39.7. The van der Waals surface area contributed by atoms with Crippen LogP contribution in [0.1, 0.15) is 72.6 Å². The van der Waals surface area contributed by atoms with E-state index in [1.807, 2.05) is 0 Å². The number of amides is 3. The second-order valence-electron chi connectivity index (χ2n) is 12.8. The highest BCUT2D eigenvalue weighted by Crippen LogP contribution is 2.53. The van der Waals surface area contributed by atoms with Crippen LogP contribution in [-0.4, -0.2) is 59.2 Å². The maximum absolute atomic E-state index is 13.7. The van der Waals surface area contributed by atoms with E-state index >= 15 is 0 Å². The monoisotopic (exact) mass is 692 g/mol. The molecule has 4 N–H and O–H groups in total. The van der Waals surface area contributed by atoms with E-state index in [1.54, 1.807) is 85.7 Å². The van der Waals surface area contributed by atoms with E-state index in [2.05, 4.69) is 10.3 Å². The Hall–Kier alpha value is -4.46. The number of esters is 1. The van der Waals surface area contributed by atoms with Crippen molar-refractivity contribution in [2.45, 2.75) is 85.1 Å². The maximum Gasteiger partial charge on any atom is 0.437 e. The van der Waals surface area contributed by atoms with Gasteiger partial charge in [-0.15, -0.1) is 4.99 Å². The molecule has 0 spiro atoms. The Bertz CT molecular complexity index is 1520. The van der Waals surface area contributed by atoms with Crippen molar-refractivity contribution in [1.29, 1.82) is 0 Å². The number of nitrogens with one attached hydrogen (secondary N) is 1. The summed E-state index contributed by atoms with van der Waals surface area (Å²) in [5, 5.41) is 2.36. The van der Waals surface area contributed by atoms with E-state index in [1.165, 1.54) is 24.3 Å². The van der Waals surface area contributed by atoms with E-state index < -0.39 is 66.8 Å². The van der Waals surface area contributed by atoms with Crippen molar-refractivity contribution in [3.05, 3.63) is 65.7 Å². The molecule has 3 unspecified atom stereocenters. The first-order chi connectivity index (χ1) is 22.1. The summed E-state index contributed by atoms with van der Waals surface area (Å²) in [6.07, 6.45) is -4.94. The van der Waals surface area contributed by atoms with Crippen molar-refractivity contribution in [3.63, 3.8) is 0 Å². The smallest absolute Gasteiger partial charge is 0.437 e. The summed E-state index contributed by atoms with van der Waals surface area (Å²) in [4.78, 5) is 66.9. The highest BCUT2D eigenvalue weighted by atomic mass is 31.2. The van der Waals surface area contributed by atoms with Crippen LogP contribution < -0.4 is 16.0 Å². The number of benzene rings is 2. The summed E-state index contributed by atoms with van der Waals surface area (Å²) < 4.78 is 39.9. The molecule has 0 heterocycles. The summed E-state index contributed by atoms with van der Waals surface area (Å²) in [5.74, 6) is -3.88. The van der Waals surface area contributed by atoms with Crippen molar-refractivity contribution >= 4 is 43.5 Å². The van der Waals surface area contributed by atoms with Crippen molar-refractivity contribution in [2.24, 2.45) is 16.6 Å². The Morgan fingerprint density at radius 1 is 0.958 bits per heavy atom. The second-order valence-corrected chi connectivity index (χ2v) is 14.7. The largest absolute Gasteiger partial charge is 0.467 e. The van der Waals surface area contributed by atoms with Crippen LogP contribution in [0.15, 0.2) is 59.6 Å². The van der Waals surface area contributed by atoms with Crippen molar-refractivity contribution in [3.8, 4) is 0 Å². The average molecular weight is 693 g/mol. The molecule has 48 heavy (non-hydrogen) atoms. The van der Waals surface area contributed by atoms with E-state index in [9.17, 15) is 28.6 Å². The predicted molar refractivity (Wildman–Crippen MR) is 177 cm³/mol. The van der Waals surface area contributed by atoms with Crippen molar-refractivity contribution in [1.82, 2.24) is 5.32 Å². The molecule has 0 fully saturated rings. The number of anilines is 1. The Morgan fingerprint density at radius 2 is 1.56 bits per heavy atom. The van der Waals surface area contributed by atoms with Gasteiger partial charge in [0.15, 0.2) is 6.10 Å². The second kappa shape index (κ2) is 16.6. The number of carbonyl (C=O) groups excluding carboxylic acids is 4. The van der Waals surface area contributed by atoms with Crippen molar-refractivity contribution in [2.75, 3.05) is 12.0 Å². The fourth-order valence-corrected chi connectivity index (χ4v) is 5.63. The predicted octanol–water partition coefficient (Wildman–Crippen LogP) is 6.00. The molecule has 0 bridgehead atoms. The molecule has 15 nitrogen and oxygen atoms in total. The SMILES string of the molecule is COC(=O)C(OP(=O)(O)C(NC(=O)OCc1ccccc1)C(C)C)c1cccc(N(C(=O)OC(C)(C)C)C(N)=NC(=O)OC(C)(C)C)c1. The molecule has 2 aromatic rings. The molecule has 2 rings (SSSR count). The molecule has 0 radical (unpaired) electrons. The zero-order chi connectivity index (χ0) is 36.4. The fourth-order valence-electron chi connectivity index (χ4n) is 3.97. The summed E-state index contributed by atoms with van der Waals surface area (Å²) in [7, 11) is -3.82. The number of nitrogens with two attached hydrogens (primary N) is 1. The lowest BCUT2D eigenvalue weighted by atomic mass is 10.1. The molecule has 264 valence electrons. The fraction of sp³-hybridized carbons (Fsp3) is 0.469. The van der Waals surface area contributed by atoms with Gasteiger partial charge in [0.05, 0.1) is 12.8 Å². The molecule has 3 atom stereocenters. The Morgan fingerprint density at radius 3 is 2.10 bits per heavy atom. The molecule has 0 aliphatic carbocycles. The van der Waals surface area contributed by atoms with Gasteiger partial charge in [-0.25, -0.2) is 24.1 Å². The van der Waals surface area contributed by atoms with Crippen LogP contribution in [0.25, 0.3) is 0 Å². The van der Waals surface area contributed by atoms with Crippen LogP contribution in [0.3, 0.4) is 0 Å². The number of carbonyl (C=O) groups is 4. The molecule has 0 saturated heterocycles. The van der Waals surface area contributed by atoms with Gasteiger partial charge < -0.3 is 34.9 Å². The topological polar surface area (TPSA) is 205 Å². The molecule has 0 aromatic heterocycles. The molecule has 3 amide bonds. The van der Waals surface area contributed by atoms with Gasteiger partial charge in [0.1, 0.15) is 23.6 Å². The van der Waals surface area contributed by atoms with E-state index in [0.717, 1.165) is 12.0 Å². The summed E-state index contributed by atoms with van der Waals surface area (Å²) in [6.45, 7) is 12.7. The van der Waals surface area contributed by atoms with Gasteiger partial charge in [0, 0.05) is 0 Å². The summed E-state index contributed by atoms with van der Waals surface area (Å²) in [5.41, 5.74) is 4.77. The van der Waals surface area contributed by atoms with Gasteiger partial charge in [0.25, 0.3) is 0 Å². The maximum atomic E-state index is 13.7. The number of guanidine groups is 1. The number of methoxy groups -OCH3 is 1. The van der Waals surface area contributed by atoms with E-state index in [0.29, 0.717) is 5.56 Å². The van der Waals surface area contributed by atoms with Gasteiger partial charge >= 0.3 is 31.8 Å². The number of alkyl carbamates (subject to hydrolysis) is 1. The van der Waals surface area contributed by atoms with Gasteiger partial charge in [-0.3, -0.25) is 9.09 Å². The van der Waals surface area contributed by atoms with E-state index in [-0.39, 0.29) is 17.9 Å². The van der Waals surface area contributed by atoms with Crippen LogP contribution in [0.5, 0.6) is 0 Å². The van der Waals surface area contributed by atoms with Gasteiger partial charge in [0.2, 0.25) is 5.96 Å². The molecule has 0 aliphatic heterocycles. The first-order valence-electron chi connectivity index (χ1n) is 14.9. The van der Waals surface area contributed by atoms with Gasteiger partial charge in [-0.1, -0.05) is 56.3 Å². The lowest BCUT2D eigenvalue weighted by molar-refractivity contribution is -0.149. The van der Waals surface area contributed by atoms with Crippen LogP contribution >= 0.6 is 7.60 Å². The van der Waals surface area contributed by atoms with Crippen LogP contribution in [0.4, 0.5) is 20.1 Å². The quantitative estimate of drug-likeness (QED) is 0.0862. The molecular formula is C32H45N4O11P. The minimum atomic E-state index is -4.87. The highest BCUT2D eigenvalue weighted by molar-refractivity contribution is 7.53. The standard InChI is InChI=1S/C32H45N4O11P/c1-20(2)25(34-28(38)44-19-21-14-11-10-12-15-21)48(41,42)47-24(26(37)43-9)22-16-13-17-23(18-22)36(30(40)46-32(6,7)8)27(33)35-29(39)45-31(3,4)5/h10-18,20,24-25H,19H2,1-9H3,(H,34,38)(H,41,42)(H2,33,35,39). The number of hydrogen-bond donors (Lipinski definition) is 3. The number of aliphatic imine (C=N–C) groups is 1. The minimum Gasteiger partial charge on any atom is -0.467 e. The number of ether oxygens (including phenoxy) is 4. The molecule has 0 aliphatic rings. The molecule has 16 heteroatoms. The number of rotatable bonds is 10. The van der Waals surface area contributed by atoms with Crippen LogP contribution in [-0.2, 0) is 39.4 Å². The Kier molecular flexibility index (Phi) is 13.7. The normalized spacial score (nSPS) is 14.6. The van der Waals surface area contributed by atoms with E-state index in [4.69, 9.17) is 29.2 Å². The summed E-state index contributed by atoms with van der Waals surface area (Å²) >= 11 is 0. The highest BCUT2D eigenvalue weighted by Gasteiger charge is 2.42. The lowest BCUT2D eigenvalue weighted by Crippen LogP contribution is -2.45. The zero-order valence-electron chi connectivity index (χ0n) is 28.6. The zero-order valence-corrected chi connectivity index (χ0v) is 29.5. The molecule has 2 aromatic carbocycles. The van der Waals surface area contributed by atoms with Gasteiger partial charge in [-0.05, 0) is 70.7 Å². The lowest BCUT2D eigenvalue weighted by Gasteiger charge is -2.29. The molecular weight excluding hydrogens is 647 g/mol.